The Labute approximate surface area is 135 Å². The predicted molar refractivity (Wildman–Crippen MR) is 89.5 cm³/mol. The Morgan fingerprint density at radius 2 is 2.00 bits per heavy atom. The first-order valence-corrected chi connectivity index (χ1v) is 7.67. The van der Waals surface area contributed by atoms with Crippen LogP contribution in [0.1, 0.15) is 10.4 Å². The molecule has 2 aromatic rings. The average Bonchev–Trinajstić information content (AvgIpc) is 2.62. The Morgan fingerprint density at radius 1 is 1.22 bits per heavy atom. The van der Waals surface area contributed by atoms with Gasteiger partial charge in [0.15, 0.2) is 0 Å². The number of nitrogens with one attached hydrogen (secondary N) is 1. The number of ether oxygens (including phenoxy) is 2. The van der Waals surface area contributed by atoms with E-state index in [2.05, 4.69) is 10.2 Å². The van der Waals surface area contributed by atoms with E-state index in [0.717, 1.165) is 30.3 Å². The van der Waals surface area contributed by atoms with Gasteiger partial charge >= 0.3 is 0 Å². The molecule has 1 N–H and O–H groups in total. The number of hydrogen-bond donors (Lipinski definition) is 1. The van der Waals surface area contributed by atoms with E-state index >= 15 is 0 Å². The molecule has 23 heavy (non-hydrogen) atoms. The van der Waals surface area contributed by atoms with Gasteiger partial charge in [-0.3, -0.25) is 4.79 Å². The third-order valence-electron chi connectivity index (χ3n) is 3.84. The second-order valence-electron chi connectivity index (χ2n) is 5.29. The van der Waals surface area contributed by atoms with Gasteiger partial charge in [0.05, 0.1) is 19.3 Å². The highest BCUT2D eigenvalue weighted by Gasteiger charge is 2.17. The number of fused-ring (bicyclic) bond motifs is 1. The standard InChI is InChI=1S/C18H20N2O3/c1-22-15-8-6-14(7-9-15)18(21)19-10-11-20-12-13-23-17-5-3-2-4-16(17)20/h2-9H,10-13H2,1H3,(H,19,21). The van der Waals surface area contributed by atoms with Crippen LogP contribution in [0.4, 0.5) is 5.69 Å². The van der Waals surface area contributed by atoms with E-state index in [9.17, 15) is 4.79 Å². The fourth-order valence-electron chi connectivity index (χ4n) is 2.61. The normalized spacial score (nSPS) is 13.0. The molecule has 2 aromatic carbocycles. The Bertz CT molecular complexity index is 670. The van der Waals surface area contributed by atoms with Crippen LogP contribution in [0.5, 0.6) is 11.5 Å². The molecule has 0 bridgehead atoms. The smallest absolute Gasteiger partial charge is 0.251 e. The first kappa shape index (κ1) is 15.2. The van der Waals surface area contributed by atoms with Crippen LogP contribution in [-0.4, -0.2) is 39.3 Å². The molecular formula is C18H20N2O3. The molecule has 1 aliphatic rings. The molecule has 0 unspecified atom stereocenters. The van der Waals surface area contributed by atoms with Crippen LogP contribution >= 0.6 is 0 Å². The summed E-state index contributed by atoms with van der Waals surface area (Å²) in [4.78, 5) is 14.4. The maximum Gasteiger partial charge on any atom is 0.251 e. The molecule has 0 saturated carbocycles. The molecule has 0 radical (unpaired) electrons. The van der Waals surface area contributed by atoms with Crippen molar-refractivity contribution in [2.45, 2.75) is 0 Å². The van der Waals surface area contributed by atoms with E-state index in [1.807, 2.05) is 24.3 Å². The molecule has 3 rings (SSSR count). The van der Waals surface area contributed by atoms with Gasteiger partial charge in [-0.25, -0.2) is 0 Å². The number of anilines is 1. The summed E-state index contributed by atoms with van der Waals surface area (Å²) in [5, 5.41) is 2.95. The molecule has 0 aromatic heterocycles. The maximum atomic E-state index is 12.1. The van der Waals surface area contributed by atoms with Gasteiger partial charge in [-0.05, 0) is 36.4 Å². The lowest BCUT2D eigenvalue weighted by atomic mass is 10.2. The summed E-state index contributed by atoms with van der Waals surface area (Å²) >= 11 is 0. The van der Waals surface area contributed by atoms with Gasteiger partial charge in [-0.15, -0.1) is 0 Å². The number of methoxy groups -OCH3 is 1. The van der Waals surface area contributed by atoms with Crippen LogP contribution in [0, 0.1) is 0 Å². The highest BCUT2D eigenvalue weighted by atomic mass is 16.5. The quantitative estimate of drug-likeness (QED) is 0.920. The molecule has 120 valence electrons. The topological polar surface area (TPSA) is 50.8 Å². The van der Waals surface area contributed by atoms with Gasteiger partial charge in [0, 0.05) is 18.7 Å². The minimum absolute atomic E-state index is 0.0748. The third kappa shape index (κ3) is 3.56. The number of carbonyl (C=O) groups is 1. The van der Waals surface area contributed by atoms with Crippen molar-refractivity contribution in [3.05, 3.63) is 54.1 Å². The van der Waals surface area contributed by atoms with Crippen molar-refractivity contribution in [1.82, 2.24) is 5.32 Å². The van der Waals surface area contributed by atoms with Gasteiger partial charge in [0.25, 0.3) is 5.91 Å². The number of para-hydroxylation sites is 2. The van der Waals surface area contributed by atoms with Gasteiger partial charge < -0.3 is 19.7 Å². The van der Waals surface area contributed by atoms with Crippen LogP contribution < -0.4 is 19.7 Å². The third-order valence-corrected chi connectivity index (χ3v) is 3.84. The van der Waals surface area contributed by atoms with E-state index in [0.29, 0.717) is 18.7 Å². The SMILES string of the molecule is COc1ccc(C(=O)NCCN2CCOc3ccccc32)cc1. The van der Waals surface area contributed by atoms with Crippen molar-refractivity contribution >= 4 is 11.6 Å². The summed E-state index contributed by atoms with van der Waals surface area (Å²) < 4.78 is 10.7. The zero-order valence-corrected chi connectivity index (χ0v) is 13.1. The number of benzene rings is 2. The highest BCUT2D eigenvalue weighted by Crippen LogP contribution is 2.30. The van der Waals surface area contributed by atoms with Gasteiger partial charge in [0.2, 0.25) is 0 Å². The van der Waals surface area contributed by atoms with Gasteiger partial charge in [0.1, 0.15) is 18.1 Å². The first-order valence-electron chi connectivity index (χ1n) is 7.67. The average molecular weight is 312 g/mol. The molecular weight excluding hydrogens is 292 g/mol. The Kier molecular flexibility index (Phi) is 4.66. The molecule has 5 heteroatoms. The van der Waals surface area contributed by atoms with Crippen molar-refractivity contribution in [1.29, 1.82) is 0 Å². The molecule has 0 spiro atoms. The molecule has 5 nitrogen and oxygen atoms in total. The second kappa shape index (κ2) is 7.05. The van der Waals surface area contributed by atoms with Gasteiger partial charge in [-0.2, -0.15) is 0 Å². The van der Waals surface area contributed by atoms with Crippen molar-refractivity contribution in [2.24, 2.45) is 0 Å². The summed E-state index contributed by atoms with van der Waals surface area (Å²) in [7, 11) is 1.61. The lowest BCUT2D eigenvalue weighted by Gasteiger charge is -2.31. The Hall–Kier alpha value is -2.69. The molecule has 0 aliphatic carbocycles. The molecule has 1 heterocycles. The largest absolute Gasteiger partial charge is 0.497 e. The van der Waals surface area contributed by atoms with Crippen LogP contribution in [0.3, 0.4) is 0 Å². The maximum absolute atomic E-state index is 12.1. The first-order chi connectivity index (χ1) is 11.3. The molecule has 0 atom stereocenters. The monoisotopic (exact) mass is 312 g/mol. The van der Waals surface area contributed by atoms with E-state index in [4.69, 9.17) is 9.47 Å². The van der Waals surface area contributed by atoms with Crippen molar-refractivity contribution in [3.63, 3.8) is 0 Å². The molecule has 1 amide bonds. The summed E-state index contributed by atoms with van der Waals surface area (Å²) in [6, 6.07) is 15.1. The van der Waals surface area contributed by atoms with Crippen molar-refractivity contribution < 1.29 is 14.3 Å². The summed E-state index contributed by atoms with van der Waals surface area (Å²) in [5.74, 6) is 1.57. The van der Waals surface area contributed by atoms with E-state index in [1.54, 1.807) is 31.4 Å². The van der Waals surface area contributed by atoms with E-state index < -0.39 is 0 Å². The minimum atomic E-state index is -0.0748. The number of amides is 1. The summed E-state index contributed by atoms with van der Waals surface area (Å²) in [6.45, 7) is 2.83. The fourth-order valence-corrected chi connectivity index (χ4v) is 2.61. The number of hydrogen-bond acceptors (Lipinski definition) is 4. The van der Waals surface area contributed by atoms with E-state index in [-0.39, 0.29) is 5.91 Å². The lowest BCUT2D eigenvalue weighted by Crippen LogP contribution is -2.39. The number of nitrogens with zero attached hydrogens (tertiary/aromatic N) is 1. The van der Waals surface area contributed by atoms with Crippen LogP contribution in [0.15, 0.2) is 48.5 Å². The lowest BCUT2D eigenvalue weighted by molar-refractivity contribution is 0.0954. The summed E-state index contributed by atoms with van der Waals surface area (Å²) in [6.07, 6.45) is 0. The zero-order valence-electron chi connectivity index (χ0n) is 13.1. The highest BCUT2D eigenvalue weighted by molar-refractivity contribution is 5.94. The molecule has 1 aliphatic heterocycles. The van der Waals surface area contributed by atoms with Crippen molar-refractivity contribution in [3.8, 4) is 11.5 Å². The second-order valence-corrected chi connectivity index (χ2v) is 5.29. The van der Waals surface area contributed by atoms with Crippen LogP contribution in [0.25, 0.3) is 0 Å². The number of carbonyl (C=O) groups excluding carboxylic acids is 1. The van der Waals surface area contributed by atoms with Crippen LogP contribution in [-0.2, 0) is 0 Å². The Balaban J connectivity index is 1.54. The fraction of sp³-hybridized carbons (Fsp3) is 0.278. The van der Waals surface area contributed by atoms with Crippen LogP contribution in [0.2, 0.25) is 0 Å². The number of rotatable bonds is 5. The minimum Gasteiger partial charge on any atom is -0.497 e. The van der Waals surface area contributed by atoms with E-state index in [1.165, 1.54) is 0 Å². The van der Waals surface area contributed by atoms with Gasteiger partial charge in [-0.1, -0.05) is 12.1 Å². The summed E-state index contributed by atoms with van der Waals surface area (Å²) in [5.41, 5.74) is 1.71. The molecule has 0 saturated heterocycles. The Morgan fingerprint density at radius 3 is 2.78 bits per heavy atom. The predicted octanol–water partition coefficient (Wildman–Crippen LogP) is 2.32. The molecule has 0 fully saturated rings. The zero-order chi connectivity index (χ0) is 16.1. The van der Waals surface area contributed by atoms with Crippen molar-refractivity contribution in [2.75, 3.05) is 38.3 Å².